The van der Waals surface area contributed by atoms with Gasteiger partial charge in [0.25, 0.3) is 0 Å². The minimum atomic E-state index is -0.0142. The third-order valence-corrected chi connectivity index (χ3v) is 3.94. The predicted octanol–water partition coefficient (Wildman–Crippen LogP) is 5.44. The highest BCUT2D eigenvalue weighted by molar-refractivity contribution is 7.11. The lowest BCUT2D eigenvalue weighted by Gasteiger charge is -2.04. The fourth-order valence-electron chi connectivity index (χ4n) is 1.98. The predicted molar refractivity (Wildman–Crippen MR) is 90.6 cm³/mol. The summed E-state index contributed by atoms with van der Waals surface area (Å²) in [4.78, 5) is 13.0. The van der Waals surface area contributed by atoms with Crippen molar-refractivity contribution in [3.8, 4) is 11.5 Å². The van der Waals surface area contributed by atoms with Gasteiger partial charge in [-0.25, -0.2) is 0 Å². The van der Waals surface area contributed by atoms with Crippen LogP contribution in [0.15, 0.2) is 78.2 Å². The molecular weight excluding hydrogens is 292 g/mol. The van der Waals surface area contributed by atoms with Crippen LogP contribution in [-0.4, -0.2) is 5.78 Å². The van der Waals surface area contributed by atoms with Crippen molar-refractivity contribution in [2.24, 2.45) is 0 Å². The summed E-state index contributed by atoms with van der Waals surface area (Å²) < 4.78 is 5.84. The molecule has 1 aromatic heterocycles. The summed E-state index contributed by atoms with van der Waals surface area (Å²) in [5.41, 5.74) is 0.681. The lowest BCUT2D eigenvalue weighted by atomic mass is 10.1. The number of hydrogen-bond acceptors (Lipinski definition) is 3. The summed E-state index contributed by atoms with van der Waals surface area (Å²) in [5.74, 6) is 1.53. The van der Waals surface area contributed by atoms with Gasteiger partial charge in [0.2, 0.25) is 0 Å². The second kappa shape index (κ2) is 6.87. The molecule has 3 aromatic rings. The topological polar surface area (TPSA) is 26.3 Å². The molecule has 0 amide bonds. The molecule has 2 nitrogen and oxygen atoms in total. The number of hydrogen-bond donors (Lipinski definition) is 0. The van der Waals surface area contributed by atoms with Crippen molar-refractivity contribution >= 4 is 23.2 Å². The van der Waals surface area contributed by atoms with Crippen molar-refractivity contribution in [3.63, 3.8) is 0 Å². The average molecular weight is 306 g/mol. The zero-order valence-corrected chi connectivity index (χ0v) is 12.6. The molecule has 0 atom stereocenters. The van der Waals surface area contributed by atoms with Gasteiger partial charge in [-0.3, -0.25) is 4.79 Å². The first-order chi connectivity index (χ1) is 10.8. The van der Waals surface area contributed by atoms with E-state index in [-0.39, 0.29) is 5.78 Å². The minimum Gasteiger partial charge on any atom is -0.456 e. The third kappa shape index (κ3) is 3.51. The van der Waals surface area contributed by atoms with Gasteiger partial charge >= 0.3 is 0 Å². The number of allylic oxidation sites excluding steroid dienone is 1. The minimum absolute atomic E-state index is 0.0142. The van der Waals surface area contributed by atoms with E-state index in [4.69, 9.17) is 4.74 Å². The Hall–Kier alpha value is -2.65. The molecule has 2 aromatic carbocycles. The molecule has 3 rings (SSSR count). The van der Waals surface area contributed by atoms with E-state index in [1.54, 1.807) is 23.5 Å². The first-order valence-electron chi connectivity index (χ1n) is 6.91. The Balaban J connectivity index is 1.75. The molecule has 0 radical (unpaired) electrons. The maximum atomic E-state index is 12.1. The van der Waals surface area contributed by atoms with Gasteiger partial charge in [0.1, 0.15) is 11.5 Å². The number of para-hydroxylation sites is 1. The van der Waals surface area contributed by atoms with Crippen LogP contribution >= 0.6 is 11.3 Å². The quantitative estimate of drug-likeness (QED) is 0.463. The molecule has 0 saturated carbocycles. The Kier molecular flexibility index (Phi) is 4.47. The zero-order valence-electron chi connectivity index (χ0n) is 11.8. The molecule has 0 saturated heterocycles. The highest BCUT2D eigenvalue weighted by Gasteiger charge is 2.05. The van der Waals surface area contributed by atoms with Crippen molar-refractivity contribution in [2.45, 2.75) is 0 Å². The molecule has 0 unspecified atom stereocenters. The van der Waals surface area contributed by atoms with Crippen LogP contribution in [0.3, 0.4) is 0 Å². The van der Waals surface area contributed by atoms with Crippen molar-refractivity contribution in [2.75, 3.05) is 0 Å². The standard InChI is InChI=1S/C19H14O2S/c20-17(15-7-3-1-4-8-15)11-12-19-18(13-14-22-19)21-16-9-5-2-6-10-16/h1-14H/b12-11-. The first kappa shape index (κ1) is 14.3. The molecule has 0 aliphatic heterocycles. The number of carbonyl (C=O) groups is 1. The van der Waals surface area contributed by atoms with E-state index < -0.39 is 0 Å². The number of thiophene rings is 1. The van der Waals surface area contributed by atoms with Crippen LogP contribution < -0.4 is 4.74 Å². The maximum Gasteiger partial charge on any atom is 0.185 e. The number of rotatable bonds is 5. The number of ketones is 1. The maximum absolute atomic E-state index is 12.1. The molecule has 3 heteroatoms. The highest BCUT2D eigenvalue weighted by atomic mass is 32.1. The largest absolute Gasteiger partial charge is 0.456 e. The van der Waals surface area contributed by atoms with Crippen LogP contribution in [0.5, 0.6) is 11.5 Å². The average Bonchev–Trinajstić information content (AvgIpc) is 3.01. The van der Waals surface area contributed by atoms with E-state index in [0.717, 1.165) is 16.4 Å². The Morgan fingerprint density at radius 2 is 1.59 bits per heavy atom. The summed E-state index contributed by atoms with van der Waals surface area (Å²) >= 11 is 1.54. The summed E-state index contributed by atoms with van der Waals surface area (Å²) in [6.07, 6.45) is 3.39. The van der Waals surface area contributed by atoms with Crippen LogP contribution in [0, 0.1) is 0 Å². The van der Waals surface area contributed by atoms with Gasteiger partial charge in [-0.2, -0.15) is 0 Å². The normalized spacial score (nSPS) is 10.7. The summed E-state index contributed by atoms with van der Waals surface area (Å²) in [6.45, 7) is 0. The second-order valence-electron chi connectivity index (χ2n) is 4.63. The lowest BCUT2D eigenvalue weighted by molar-refractivity contribution is 0.104. The molecule has 1 heterocycles. The first-order valence-corrected chi connectivity index (χ1v) is 7.79. The Bertz CT molecular complexity index is 773. The van der Waals surface area contributed by atoms with E-state index >= 15 is 0 Å². The van der Waals surface area contributed by atoms with Crippen LogP contribution in [-0.2, 0) is 0 Å². The number of benzene rings is 2. The van der Waals surface area contributed by atoms with Crippen LogP contribution in [0.4, 0.5) is 0 Å². The van der Waals surface area contributed by atoms with Gasteiger partial charge in [0.15, 0.2) is 5.78 Å². The molecule has 108 valence electrons. The Morgan fingerprint density at radius 3 is 2.32 bits per heavy atom. The zero-order chi connectivity index (χ0) is 15.2. The van der Waals surface area contributed by atoms with Crippen molar-refractivity contribution in [3.05, 3.63) is 88.6 Å². The lowest BCUT2D eigenvalue weighted by Crippen LogP contribution is -1.92. The van der Waals surface area contributed by atoms with E-state index in [0.29, 0.717) is 5.56 Å². The third-order valence-electron chi connectivity index (χ3n) is 3.07. The molecule has 0 aliphatic carbocycles. The monoisotopic (exact) mass is 306 g/mol. The SMILES string of the molecule is O=C(/C=C\c1sccc1Oc1ccccc1)c1ccccc1. The van der Waals surface area contributed by atoms with Crippen molar-refractivity contribution in [1.29, 1.82) is 0 Å². The highest BCUT2D eigenvalue weighted by Crippen LogP contribution is 2.30. The van der Waals surface area contributed by atoms with Gasteiger partial charge in [-0.1, -0.05) is 48.5 Å². The van der Waals surface area contributed by atoms with E-state index in [1.165, 1.54) is 0 Å². The number of carbonyl (C=O) groups excluding carboxylic acids is 1. The van der Waals surface area contributed by atoms with Gasteiger partial charge in [0, 0.05) is 5.56 Å². The van der Waals surface area contributed by atoms with Crippen molar-refractivity contribution < 1.29 is 9.53 Å². The van der Waals surface area contributed by atoms with Gasteiger partial charge < -0.3 is 4.74 Å². The molecule has 0 fully saturated rings. The van der Waals surface area contributed by atoms with E-state index in [2.05, 4.69) is 0 Å². The molecule has 0 bridgehead atoms. The fourth-order valence-corrected chi connectivity index (χ4v) is 2.69. The summed E-state index contributed by atoms with van der Waals surface area (Å²) in [7, 11) is 0. The van der Waals surface area contributed by atoms with Crippen molar-refractivity contribution in [1.82, 2.24) is 0 Å². The summed E-state index contributed by atoms with van der Waals surface area (Å²) in [6, 6.07) is 20.7. The molecule has 0 N–H and O–H groups in total. The van der Waals surface area contributed by atoms with E-state index in [9.17, 15) is 4.79 Å². The second-order valence-corrected chi connectivity index (χ2v) is 5.58. The van der Waals surface area contributed by atoms with Crippen LogP contribution in [0.2, 0.25) is 0 Å². The molecule has 22 heavy (non-hydrogen) atoms. The molecule has 0 spiro atoms. The Morgan fingerprint density at radius 1 is 0.909 bits per heavy atom. The smallest absolute Gasteiger partial charge is 0.185 e. The van der Waals surface area contributed by atoms with Gasteiger partial charge in [-0.15, -0.1) is 11.3 Å². The Labute approximate surface area is 133 Å². The molecule has 0 aliphatic rings. The fraction of sp³-hybridized carbons (Fsp3) is 0. The van der Waals surface area contributed by atoms with Gasteiger partial charge in [-0.05, 0) is 35.7 Å². The number of ether oxygens (including phenoxy) is 1. The summed E-state index contributed by atoms with van der Waals surface area (Å²) in [5, 5.41) is 1.95. The van der Waals surface area contributed by atoms with E-state index in [1.807, 2.05) is 72.1 Å². The van der Waals surface area contributed by atoms with Gasteiger partial charge in [0.05, 0.1) is 4.88 Å². The van der Waals surface area contributed by atoms with Crippen LogP contribution in [0.1, 0.15) is 15.2 Å². The molecular formula is C19H14O2S. The van der Waals surface area contributed by atoms with Crippen LogP contribution in [0.25, 0.3) is 6.08 Å².